The van der Waals surface area contributed by atoms with Gasteiger partial charge in [-0.15, -0.1) is 10.2 Å². The number of thioether (sulfide) groups is 1. The Bertz CT molecular complexity index is 1950. The van der Waals surface area contributed by atoms with Crippen LogP contribution in [0.4, 0.5) is 10.5 Å². The van der Waals surface area contributed by atoms with Crippen LogP contribution in [0.1, 0.15) is 37.3 Å². The molecule has 1 aliphatic heterocycles. The molecule has 0 saturated carbocycles. The topological polar surface area (TPSA) is 96.2 Å². The van der Waals surface area contributed by atoms with Crippen molar-refractivity contribution in [3.05, 3.63) is 86.9 Å². The third-order valence-corrected chi connectivity index (χ3v) is 10.2. The Labute approximate surface area is 292 Å². The molecule has 3 heterocycles. The highest BCUT2D eigenvalue weighted by atomic mass is 35.5. The molecule has 2 aromatic heterocycles. The second-order valence-electron chi connectivity index (χ2n) is 11.8. The first-order valence-corrected chi connectivity index (χ1v) is 17.6. The molecule has 1 fully saturated rings. The molecule has 1 N–H and O–H groups in total. The van der Waals surface area contributed by atoms with Crippen LogP contribution in [0.15, 0.2) is 65.8 Å². The molecule has 47 heavy (non-hydrogen) atoms. The summed E-state index contributed by atoms with van der Waals surface area (Å²) in [4.78, 5) is 34.4. The van der Waals surface area contributed by atoms with E-state index in [4.69, 9.17) is 39.8 Å². The van der Waals surface area contributed by atoms with Gasteiger partial charge in [0, 0.05) is 60.5 Å². The van der Waals surface area contributed by atoms with E-state index < -0.39 is 0 Å². The zero-order valence-corrected chi connectivity index (χ0v) is 29.1. The number of fused-ring (bicyclic) bond motifs is 3. The van der Waals surface area contributed by atoms with Crippen LogP contribution in [0.3, 0.4) is 0 Å². The van der Waals surface area contributed by atoms with Gasteiger partial charge in [0.2, 0.25) is 11.1 Å². The van der Waals surface area contributed by atoms with Gasteiger partial charge in [-0.05, 0) is 74.7 Å². The van der Waals surface area contributed by atoms with E-state index in [-0.39, 0.29) is 18.0 Å². The number of rotatable bonds is 9. The Balaban J connectivity index is 1.01. The Kier molecular flexibility index (Phi) is 10.4. The number of carbonyl (C=O) groups is 2. The molecule has 13 heteroatoms. The summed E-state index contributed by atoms with van der Waals surface area (Å²) >= 11 is 19.9. The predicted octanol–water partition coefficient (Wildman–Crippen LogP) is 8.32. The highest BCUT2D eigenvalue weighted by molar-refractivity contribution is 7.99. The molecule has 1 atom stereocenters. The van der Waals surface area contributed by atoms with Crippen molar-refractivity contribution in [2.24, 2.45) is 0 Å². The second-order valence-corrected chi connectivity index (χ2v) is 14.1. The van der Waals surface area contributed by atoms with Crippen molar-refractivity contribution >= 4 is 86.3 Å². The zero-order valence-electron chi connectivity index (χ0n) is 26.0. The summed E-state index contributed by atoms with van der Waals surface area (Å²) < 4.78 is 2.17. The summed E-state index contributed by atoms with van der Waals surface area (Å²) in [6.07, 6.45) is 2.04. The third-order valence-electron chi connectivity index (χ3n) is 8.26. The molecule has 1 unspecified atom stereocenters. The summed E-state index contributed by atoms with van der Waals surface area (Å²) in [5.74, 6) is 0.874. The Morgan fingerprint density at radius 2 is 1.83 bits per heavy atom. The molecule has 3 aromatic carbocycles. The van der Waals surface area contributed by atoms with Crippen molar-refractivity contribution in [2.45, 2.75) is 50.9 Å². The summed E-state index contributed by atoms with van der Waals surface area (Å²) in [6, 6.07) is 18.8. The van der Waals surface area contributed by atoms with Crippen LogP contribution in [0.2, 0.25) is 15.1 Å². The maximum Gasteiger partial charge on any atom is 0.322 e. The van der Waals surface area contributed by atoms with Gasteiger partial charge in [-0.2, -0.15) is 0 Å². The van der Waals surface area contributed by atoms with Crippen molar-refractivity contribution < 1.29 is 9.59 Å². The monoisotopic (exact) mass is 709 g/mol. The van der Waals surface area contributed by atoms with Crippen molar-refractivity contribution in [1.29, 1.82) is 0 Å². The van der Waals surface area contributed by atoms with Gasteiger partial charge in [0.25, 0.3) is 0 Å². The predicted molar refractivity (Wildman–Crippen MR) is 191 cm³/mol. The number of hydrogen-bond acceptors (Lipinski definition) is 6. The number of benzene rings is 3. The second kappa shape index (κ2) is 14.7. The van der Waals surface area contributed by atoms with Crippen LogP contribution in [0.25, 0.3) is 22.1 Å². The smallest absolute Gasteiger partial charge is 0.322 e. The van der Waals surface area contributed by atoms with Gasteiger partial charge < -0.3 is 19.7 Å². The molecule has 1 aliphatic rings. The lowest BCUT2D eigenvalue weighted by Crippen LogP contribution is -2.56. The molecule has 5 aromatic rings. The molecule has 244 valence electrons. The number of nitrogens with zero attached hydrogens (tertiary/aromatic N) is 6. The Hall–Kier alpha value is -3.57. The first-order chi connectivity index (χ1) is 22.7. The molecule has 0 spiro atoms. The normalized spacial score (nSPS) is 15.0. The molecule has 0 radical (unpaired) electrons. The lowest BCUT2D eigenvalue weighted by Gasteiger charge is -2.39. The minimum absolute atomic E-state index is 0.103. The summed E-state index contributed by atoms with van der Waals surface area (Å²) in [6.45, 7) is 6.07. The third kappa shape index (κ3) is 7.78. The van der Waals surface area contributed by atoms with E-state index in [1.54, 1.807) is 34.9 Å². The van der Waals surface area contributed by atoms with Crippen LogP contribution in [-0.4, -0.2) is 72.9 Å². The van der Waals surface area contributed by atoms with Crippen LogP contribution in [0.5, 0.6) is 0 Å². The number of piperazine rings is 1. The largest absolute Gasteiger partial charge is 0.339 e. The van der Waals surface area contributed by atoms with E-state index in [0.717, 1.165) is 51.8 Å². The Morgan fingerprint density at radius 3 is 2.62 bits per heavy atom. The quantitative estimate of drug-likeness (QED) is 0.122. The van der Waals surface area contributed by atoms with E-state index in [1.807, 2.05) is 30.0 Å². The highest BCUT2D eigenvalue weighted by Gasteiger charge is 2.29. The average Bonchev–Trinajstić information content (AvgIpc) is 3.33. The maximum atomic E-state index is 13.0. The minimum atomic E-state index is -0.227. The minimum Gasteiger partial charge on any atom is -0.339 e. The van der Waals surface area contributed by atoms with Crippen LogP contribution in [-0.2, 0) is 11.3 Å². The number of aryl methyl sites for hydroxylation is 1. The van der Waals surface area contributed by atoms with Crippen molar-refractivity contribution in [3.8, 4) is 0 Å². The molecular formula is C34H34Cl3N7O2S. The molecule has 0 bridgehead atoms. The standard InChI is InChI=1S/C34H34Cl3N7O2S/c1-21-9-12-29-26(16-21)31-32(44(29)20-23-6-5-7-24(35)17-23)39-33(41-40-31)47-15-4-3-8-30(45)42-13-14-43(22(2)19-42)34(46)38-25-10-11-27(36)28(37)18-25/h5-7,9-12,16-18,22H,3-4,8,13-15,19-20H2,1-2H3,(H,38,46). The first kappa shape index (κ1) is 33.3. The average molecular weight is 711 g/mol. The molecule has 3 amide bonds. The SMILES string of the molecule is Cc1ccc2c(c1)c1nnc(SCCCCC(=O)N3CCN(C(=O)Nc4ccc(Cl)c(Cl)c4)C(C)C3)nc1n2Cc1cccc(Cl)c1. The molecule has 6 rings (SSSR count). The van der Waals surface area contributed by atoms with Gasteiger partial charge in [0.1, 0.15) is 5.52 Å². The van der Waals surface area contributed by atoms with E-state index in [2.05, 4.69) is 51.3 Å². The van der Waals surface area contributed by atoms with Gasteiger partial charge in [-0.3, -0.25) is 4.79 Å². The molecule has 9 nitrogen and oxygen atoms in total. The van der Waals surface area contributed by atoms with Gasteiger partial charge in [-0.1, -0.05) is 70.3 Å². The van der Waals surface area contributed by atoms with E-state index in [9.17, 15) is 9.59 Å². The fourth-order valence-corrected chi connectivity index (χ4v) is 7.14. The van der Waals surface area contributed by atoms with Gasteiger partial charge in [-0.25, -0.2) is 9.78 Å². The van der Waals surface area contributed by atoms with Crippen molar-refractivity contribution in [3.63, 3.8) is 0 Å². The first-order valence-electron chi connectivity index (χ1n) is 15.5. The number of urea groups is 1. The maximum absolute atomic E-state index is 13.0. The number of aromatic nitrogens is 4. The lowest BCUT2D eigenvalue weighted by atomic mass is 10.1. The van der Waals surface area contributed by atoms with Gasteiger partial charge in [0.15, 0.2) is 5.65 Å². The Morgan fingerprint density at radius 1 is 0.979 bits per heavy atom. The van der Waals surface area contributed by atoms with E-state index in [0.29, 0.717) is 58.5 Å². The number of unbranched alkanes of at least 4 members (excludes halogenated alkanes) is 1. The lowest BCUT2D eigenvalue weighted by molar-refractivity contribution is -0.133. The number of anilines is 1. The van der Waals surface area contributed by atoms with Crippen LogP contribution < -0.4 is 5.32 Å². The number of nitrogens with one attached hydrogen (secondary N) is 1. The number of amides is 3. The highest BCUT2D eigenvalue weighted by Crippen LogP contribution is 2.30. The molecular weight excluding hydrogens is 677 g/mol. The number of hydrogen-bond donors (Lipinski definition) is 1. The number of halogens is 3. The van der Waals surface area contributed by atoms with Crippen molar-refractivity contribution in [1.82, 2.24) is 29.5 Å². The van der Waals surface area contributed by atoms with Gasteiger partial charge in [0.05, 0.1) is 15.6 Å². The van der Waals surface area contributed by atoms with E-state index >= 15 is 0 Å². The van der Waals surface area contributed by atoms with Crippen LogP contribution in [0, 0.1) is 6.92 Å². The fraction of sp³-hybridized carbons (Fsp3) is 0.324. The van der Waals surface area contributed by atoms with Crippen molar-refractivity contribution in [2.75, 3.05) is 30.7 Å². The number of carbonyl (C=O) groups excluding carboxylic acids is 2. The summed E-state index contributed by atoms with van der Waals surface area (Å²) in [5, 5.41) is 15.0. The fourth-order valence-electron chi connectivity index (χ4n) is 5.85. The summed E-state index contributed by atoms with van der Waals surface area (Å²) in [7, 11) is 0. The van der Waals surface area contributed by atoms with Crippen LogP contribution >= 0.6 is 46.6 Å². The molecule has 1 saturated heterocycles. The molecule has 0 aliphatic carbocycles. The van der Waals surface area contributed by atoms with E-state index in [1.165, 1.54) is 0 Å². The van der Waals surface area contributed by atoms with Gasteiger partial charge >= 0.3 is 6.03 Å². The zero-order chi connectivity index (χ0) is 33.1. The summed E-state index contributed by atoms with van der Waals surface area (Å²) in [5.41, 5.74) is 5.42.